The molecule has 1 unspecified atom stereocenters. The van der Waals surface area contributed by atoms with Gasteiger partial charge in [0.1, 0.15) is 0 Å². The van der Waals surface area contributed by atoms with Crippen molar-refractivity contribution in [1.82, 2.24) is 9.99 Å². The molecular weight excluding hydrogens is 683 g/mol. The molecule has 0 aromatic heterocycles. The molecule has 0 aromatic carbocycles. The number of hydrogen-bond donors (Lipinski definition) is 2. The number of esters is 1. The lowest BCUT2D eigenvalue weighted by molar-refractivity contribution is -0.143. The summed E-state index contributed by atoms with van der Waals surface area (Å²) in [5, 5.41) is 12.7. The number of nitrogens with zero attached hydrogens (tertiary/aromatic N) is 1. The summed E-state index contributed by atoms with van der Waals surface area (Å²) >= 11 is 0. The van der Waals surface area contributed by atoms with Crippen LogP contribution in [0.2, 0.25) is 0 Å². The van der Waals surface area contributed by atoms with Crippen LogP contribution in [-0.4, -0.2) is 68.6 Å². The van der Waals surface area contributed by atoms with Crippen LogP contribution in [0.15, 0.2) is 0 Å². The highest BCUT2D eigenvalue weighted by Crippen LogP contribution is 2.44. The predicted molar refractivity (Wildman–Crippen MR) is 227 cm³/mol. The molecule has 0 rings (SSSR count). The minimum atomic E-state index is -3.28. The largest absolute Gasteiger partial charge is 0.466 e. The Morgan fingerprint density at radius 2 is 0.868 bits per heavy atom. The molecule has 0 aliphatic carbocycles. The average Bonchev–Trinajstić information content (AvgIpc) is 3.15. The summed E-state index contributed by atoms with van der Waals surface area (Å²) in [4.78, 5) is 14.4. The number of aliphatic hydroxyl groups is 1. The van der Waals surface area contributed by atoms with Crippen LogP contribution in [0.1, 0.15) is 226 Å². The molecule has 0 amide bonds. The number of rotatable bonds is 45. The number of aliphatic hydroxyl groups excluding tert-OH is 1. The van der Waals surface area contributed by atoms with Crippen LogP contribution in [0.3, 0.4) is 0 Å². The van der Waals surface area contributed by atoms with E-state index in [1.165, 1.54) is 109 Å². The molecule has 0 bridgehead atoms. The third-order valence-electron chi connectivity index (χ3n) is 10.3. The van der Waals surface area contributed by atoms with Gasteiger partial charge in [-0.1, -0.05) is 175 Å². The van der Waals surface area contributed by atoms with Crippen LogP contribution in [-0.2, 0) is 23.1 Å². The Kier molecular flexibility index (Phi) is 42.2. The van der Waals surface area contributed by atoms with Crippen molar-refractivity contribution in [2.24, 2.45) is 0 Å². The van der Waals surface area contributed by atoms with E-state index in [2.05, 4.69) is 30.8 Å². The summed E-state index contributed by atoms with van der Waals surface area (Å²) in [6.07, 6.45) is 37.1. The van der Waals surface area contributed by atoms with Gasteiger partial charge in [0.2, 0.25) is 0 Å². The molecule has 0 saturated carbocycles. The first-order valence-corrected chi connectivity index (χ1v) is 24.7. The van der Waals surface area contributed by atoms with Gasteiger partial charge in [0.25, 0.3) is 0 Å². The van der Waals surface area contributed by atoms with Crippen molar-refractivity contribution in [3.05, 3.63) is 0 Å². The Labute approximate surface area is 330 Å². The quantitative estimate of drug-likeness (QED) is 0.0359. The van der Waals surface area contributed by atoms with E-state index in [0.29, 0.717) is 39.3 Å². The standard InChI is InChI=1S/C44H91N2O6P/c1-4-7-10-13-16-17-20-24-32-41-50-44(48)35-28-27-31-38-46(39-40-47)37-30-23-21-26-34-43-52-53(49,45-36-29-22-18-14-11-8-5-2)51-42-33-25-19-15-12-9-6-3/h47H,4-43H2,1-3H3,(H,45,49). The van der Waals surface area contributed by atoms with Crippen molar-refractivity contribution < 1.29 is 28.3 Å². The number of unbranched alkanes of at least 4 members (excludes halogenated alkanes) is 26. The zero-order chi connectivity index (χ0) is 38.8. The number of hydrogen-bond acceptors (Lipinski definition) is 7. The van der Waals surface area contributed by atoms with Crippen LogP contribution in [0.5, 0.6) is 0 Å². The highest BCUT2D eigenvalue weighted by atomic mass is 31.2. The summed E-state index contributed by atoms with van der Waals surface area (Å²) < 4.78 is 30.7. The minimum absolute atomic E-state index is 0.0548. The van der Waals surface area contributed by atoms with E-state index in [9.17, 15) is 14.5 Å². The van der Waals surface area contributed by atoms with Crippen molar-refractivity contribution in [1.29, 1.82) is 0 Å². The Bertz CT molecular complexity index is 765. The van der Waals surface area contributed by atoms with Gasteiger partial charge in [-0.05, 0) is 58.0 Å². The van der Waals surface area contributed by atoms with E-state index in [1.807, 2.05) is 0 Å². The van der Waals surface area contributed by atoms with E-state index in [1.54, 1.807) is 0 Å². The van der Waals surface area contributed by atoms with Gasteiger partial charge >= 0.3 is 13.7 Å². The predicted octanol–water partition coefficient (Wildman–Crippen LogP) is 13.1. The molecule has 0 spiro atoms. The van der Waals surface area contributed by atoms with Crippen molar-refractivity contribution in [3.63, 3.8) is 0 Å². The lowest BCUT2D eigenvalue weighted by atomic mass is 10.1. The monoisotopic (exact) mass is 775 g/mol. The molecule has 0 fully saturated rings. The zero-order valence-electron chi connectivity index (χ0n) is 35.7. The van der Waals surface area contributed by atoms with E-state index in [0.717, 1.165) is 103 Å². The highest BCUT2D eigenvalue weighted by Gasteiger charge is 2.23. The van der Waals surface area contributed by atoms with Crippen molar-refractivity contribution in [2.45, 2.75) is 226 Å². The van der Waals surface area contributed by atoms with Crippen LogP contribution >= 0.6 is 7.75 Å². The second-order valence-electron chi connectivity index (χ2n) is 15.5. The lowest BCUT2D eigenvalue weighted by Gasteiger charge is -2.21. The first-order valence-electron chi connectivity index (χ1n) is 23.1. The maximum Gasteiger partial charge on any atom is 0.405 e. The molecule has 0 aliphatic rings. The number of carbonyl (C=O) groups is 1. The topological polar surface area (TPSA) is 97.3 Å². The third kappa shape index (κ3) is 39.5. The molecule has 0 saturated heterocycles. The van der Waals surface area contributed by atoms with Crippen molar-refractivity contribution >= 4 is 13.7 Å². The second-order valence-corrected chi connectivity index (χ2v) is 17.3. The number of carbonyl (C=O) groups excluding carboxylic acids is 1. The number of nitrogens with one attached hydrogen (secondary N) is 1. The summed E-state index contributed by atoms with van der Waals surface area (Å²) in [5.41, 5.74) is 0. The highest BCUT2D eigenvalue weighted by molar-refractivity contribution is 7.51. The van der Waals surface area contributed by atoms with E-state index in [4.69, 9.17) is 13.8 Å². The average molecular weight is 775 g/mol. The summed E-state index contributed by atoms with van der Waals surface area (Å²) in [6.45, 7) is 11.8. The Hall–Kier alpha value is -0.500. The molecule has 0 heterocycles. The van der Waals surface area contributed by atoms with Gasteiger partial charge in [-0.25, -0.2) is 9.65 Å². The molecule has 1 atom stereocenters. The Morgan fingerprint density at radius 1 is 0.491 bits per heavy atom. The van der Waals surface area contributed by atoms with Gasteiger partial charge in [0, 0.05) is 19.5 Å². The first-order chi connectivity index (χ1) is 26.0. The minimum Gasteiger partial charge on any atom is -0.466 e. The molecule has 0 radical (unpaired) electrons. The van der Waals surface area contributed by atoms with Gasteiger partial charge in [-0.15, -0.1) is 0 Å². The normalized spacial score (nSPS) is 12.8. The van der Waals surface area contributed by atoms with Gasteiger partial charge in [0.15, 0.2) is 0 Å². The van der Waals surface area contributed by atoms with Gasteiger partial charge in [0.05, 0.1) is 26.4 Å². The van der Waals surface area contributed by atoms with Crippen LogP contribution < -0.4 is 5.09 Å². The van der Waals surface area contributed by atoms with E-state index >= 15 is 0 Å². The number of ether oxygens (including phenoxy) is 1. The van der Waals surface area contributed by atoms with E-state index < -0.39 is 7.75 Å². The fourth-order valence-electron chi connectivity index (χ4n) is 6.75. The van der Waals surface area contributed by atoms with Crippen LogP contribution in [0.25, 0.3) is 0 Å². The fraction of sp³-hybridized carbons (Fsp3) is 0.977. The van der Waals surface area contributed by atoms with Gasteiger partial charge in [-0.3, -0.25) is 13.8 Å². The Morgan fingerprint density at radius 3 is 1.32 bits per heavy atom. The molecule has 9 heteroatoms. The van der Waals surface area contributed by atoms with Gasteiger partial charge < -0.3 is 14.7 Å². The maximum absolute atomic E-state index is 13.5. The van der Waals surface area contributed by atoms with Crippen LogP contribution in [0, 0.1) is 0 Å². The molecular formula is C44H91N2O6P. The molecule has 2 N–H and O–H groups in total. The lowest BCUT2D eigenvalue weighted by Crippen LogP contribution is -2.29. The van der Waals surface area contributed by atoms with Crippen LogP contribution in [0.4, 0.5) is 0 Å². The second kappa shape index (κ2) is 42.6. The van der Waals surface area contributed by atoms with E-state index in [-0.39, 0.29) is 12.6 Å². The molecule has 0 aromatic rings. The third-order valence-corrected chi connectivity index (χ3v) is 11.9. The molecule has 0 aliphatic heterocycles. The summed E-state index contributed by atoms with van der Waals surface area (Å²) in [6, 6.07) is 0. The summed E-state index contributed by atoms with van der Waals surface area (Å²) in [5.74, 6) is -0.0548. The molecule has 318 valence electrons. The van der Waals surface area contributed by atoms with Crippen molar-refractivity contribution in [2.75, 3.05) is 52.6 Å². The molecule has 8 nitrogen and oxygen atoms in total. The Balaban J connectivity index is 4.08. The van der Waals surface area contributed by atoms with Crippen molar-refractivity contribution in [3.8, 4) is 0 Å². The fourth-order valence-corrected chi connectivity index (χ4v) is 8.18. The smallest absolute Gasteiger partial charge is 0.405 e. The van der Waals surface area contributed by atoms with Gasteiger partial charge in [-0.2, -0.15) is 0 Å². The SMILES string of the molecule is CCCCCCCCCCCOC(=O)CCCCCN(CCO)CCCCCCCOP(=O)(NCCCCCCCCC)OCCCCCCCCC. The molecule has 53 heavy (non-hydrogen) atoms. The first kappa shape index (κ1) is 52.5. The summed E-state index contributed by atoms with van der Waals surface area (Å²) in [7, 11) is -3.28. The maximum atomic E-state index is 13.5. The zero-order valence-corrected chi connectivity index (χ0v) is 36.6.